The lowest BCUT2D eigenvalue weighted by Gasteiger charge is -2.26. The summed E-state index contributed by atoms with van der Waals surface area (Å²) in [4.78, 5) is 37.1. The Morgan fingerprint density at radius 2 is 1.85 bits per heavy atom. The van der Waals surface area contributed by atoms with Gasteiger partial charge in [0, 0.05) is 31.6 Å². The van der Waals surface area contributed by atoms with Gasteiger partial charge in [0.05, 0.1) is 6.54 Å². The fraction of sp³-hybridized carbons (Fsp3) is 0.526. The van der Waals surface area contributed by atoms with Crippen LogP contribution in [0.1, 0.15) is 48.0 Å². The van der Waals surface area contributed by atoms with E-state index >= 15 is 0 Å². The van der Waals surface area contributed by atoms with Crippen molar-refractivity contribution in [3.8, 4) is 0 Å². The molecule has 0 aromatic heterocycles. The molecule has 0 spiro atoms. The molecule has 1 aliphatic rings. The van der Waals surface area contributed by atoms with Gasteiger partial charge in [-0.15, -0.1) is 0 Å². The molecule has 0 bridgehead atoms. The van der Waals surface area contributed by atoms with Crippen LogP contribution < -0.4 is 16.4 Å². The molecule has 0 atom stereocenters. The zero-order valence-electron chi connectivity index (χ0n) is 15.1. The molecule has 1 saturated heterocycles. The van der Waals surface area contributed by atoms with E-state index in [9.17, 15) is 14.4 Å². The standard InChI is InChI=1S/C19H28N4O3/c20-10-4-2-1-3-5-17(24)22-13-15-6-8-16(9-7-15)19(26)23-12-11-21-18(25)14-23/h6-9H,1-5,10-14,20H2,(H,21,25)(H,22,24). The molecule has 0 unspecified atom stereocenters. The summed E-state index contributed by atoms with van der Waals surface area (Å²) in [7, 11) is 0. The van der Waals surface area contributed by atoms with Crippen molar-refractivity contribution < 1.29 is 14.4 Å². The van der Waals surface area contributed by atoms with Crippen LogP contribution in [0.25, 0.3) is 0 Å². The molecule has 4 N–H and O–H groups in total. The van der Waals surface area contributed by atoms with Crippen molar-refractivity contribution in [2.45, 2.75) is 38.6 Å². The number of carbonyl (C=O) groups is 3. The van der Waals surface area contributed by atoms with Crippen LogP contribution in [-0.2, 0) is 16.1 Å². The quantitative estimate of drug-likeness (QED) is 0.566. The van der Waals surface area contributed by atoms with Crippen LogP contribution in [0.3, 0.4) is 0 Å². The summed E-state index contributed by atoms with van der Waals surface area (Å²) in [6.07, 6.45) is 4.50. The van der Waals surface area contributed by atoms with E-state index in [-0.39, 0.29) is 24.3 Å². The number of piperazine rings is 1. The molecule has 1 heterocycles. The van der Waals surface area contributed by atoms with Crippen LogP contribution in [-0.4, -0.2) is 48.8 Å². The second-order valence-corrected chi connectivity index (χ2v) is 6.50. The van der Waals surface area contributed by atoms with E-state index < -0.39 is 0 Å². The number of unbranched alkanes of at least 4 members (excludes halogenated alkanes) is 3. The summed E-state index contributed by atoms with van der Waals surface area (Å²) < 4.78 is 0. The molecule has 0 aliphatic carbocycles. The first kappa shape index (κ1) is 19.9. The lowest BCUT2D eigenvalue weighted by molar-refractivity contribution is -0.123. The van der Waals surface area contributed by atoms with Gasteiger partial charge in [-0.2, -0.15) is 0 Å². The van der Waals surface area contributed by atoms with Gasteiger partial charge in [0.2, 0.25) is 11.8 Å². The molecule has 1 aliphatic heterocycles. The van der Waals surface area contributed by atoms with Crippen LogP contribution in [0, 0.1) is 0 Å². The van der Waals surface area contributed by atoms with Gasteiger partial charge >= 0.3 is 0 Å². The van der Waals surface area contributed by atoms with E-state index in [1.54, 1.807) is 17.0 Å². The summed E-state index contributed by atoms with van der Waals surface area (Å²) >= 11 is 0. The first-order valence-corrected chi connectivity index (χ1v) is 9.22. The largest absolute Gasteiger partial charge is 0.353 e. The second kappa shape index (κ2) is 10.6. The molecule has 0 saturated carbocycles. The molecule has 0 radical (unpaired) electrons. The maximum Gasteiger partial charge on any atom is 0.254 e. The first-order valence-electron chi connectivity index (χ1n) is 9.22. The monoisotopic (exact) mass is 360 g/mol. The Morgan fingerprint density at radius 1 is 1.12 bits per heavy atom. The smallest absolute Gasteiger partial charge is 0.254 e. The zero-order chi connectivity index (χ0) is 18.8. The molecule has 7 heteroatoms. The number of amides is 3. The molecule has 142 valence electrons. The molecule has 2 rings (SSSR count). The number of hydrogen-bond acceptors (Lipinski definition) is 4. The number of nitrogens with zero attached hydrogens (tertiary/aromatic N) is 1. The lowest BCUT2D eigenvalue weighted by Crippen LogP contribution is -2.49. The summed E-state index contributed by atoms with van der Waals surface area (Å²) in [5.74, 6) is -0.239. The highest BCUT2D eigenvalue weighted by Gasteiger charge is 2.22. The highest BCUT2D eigenvalue weighted by atomic mass is 16.2. The zero-order valence-corrected chi connectivity index (χ0v) is 15.1. The van der Waals surface area contributed by atoms with E-state index in [0.29, 0.717) is 38.2 Å². The van der Waals surface area contributed by atoms with Crippen LogP contribution in [0.5, 0.6) is 0 Å². The van der Waals surface area contributed by atoms with Crippen LogP contribution in [0.15, 0.2) is 24.3 Å². The molecule has 26 heavy (non-hydrogen) atoms. The Kier molecular flexibility index (Phi) is 8.08. The van der Waals surface area contributed by atoms with Gasteiger partial charge < -0.3 is 21.3 Å². The van der Waals surface area contributed by atoms with Crippen molar-refractivity contribution in [1.29, 1.82) is 0 Å². The minimum absolute atomic E-state index is 0.0391. The number of benzene rings is 1. The minimum atomic E-state index is -0.145. The van der Waals surface area contributed by atoms with Crippen molar-refractivity contribution in [3.63, 3.8) is 0 Å². The number of nitrogens with two attached hydrogens (primary N) is 1. The van der Waals surface area contributed by atoms with Crippen LogP contribution in [0.4, 0.5) is 0 Å². The van der Waals surface area contributed by atoms with Gasteiger partial charge in [-0.1, -0.05) is 25.0 Å². The normalized spacial score (nSPS) is 14.0. The SMILES string of the molecule is NCCCCCCC(=O)NCc1ccc(C(=O)N2CCNC(=O)C2)cc1. The molecule has 1 aromatic rings. The van der Waals surface area contributed by atoms with Gasteiger partial charge in [-0.3, -0.25) is 14.4 Å². The van der Waals surface area contributed by atoms with Gasteiger partial charge in [0.1, 0.15) is 0 Å². The van der Waals surface area contributed by atoms with Crippen molar-refractivity contribution in [1.82, 2.24) is 15.5 Å². The molecule has 1 fully saturated rings. The third kappa shape index (κ3) is 6.48. The second-order valence-electron chi connectivity index (χ2n) is 6.50. The predicted octanol–water partition coefficient (Wildman–Crippen LogP) is 0.784. The molecule has 3 amide bonds. The van der Waals surface area contributed by atoms with Crippen molar-refractivity contribution >= 4 is 17.7 Å². The Bertz CT molecular complexity index is 616. The average molecular weight is 360 g/mol. The Hall–Kier alpha value is -2.41. The fourth-order valence-electron chi connectivity index (χ4n) is 2.83. The van der Waals surface area contributed by atoms with E-state index in [2.05, 4.69) is 10.6 Å². The maximum absolute atomic E-state index is 12.4. The highest BCUT2D eigenvalue weighted by molar-refractivity contribution is 5.97. The van der Waals surface area contributed by atoms with E-state index in [0.717, 1.165) is 31.2 Å². The van der Waals surface area contributed by atoms with Gasteiger partial charge in [-0.25, -0.2) is 0 Å². The summed E-state index contributed by atoms with van der Waals surface area (Å²) in [5, 5.41) is 5.60. The minimum Gasteiger partial charge on any atom is -0.353 e. The van der Waals surface area contributed by atoms with Crippen LogP contribution >= 0.6 is 0 Å². The topological polar surface area (TPSA) is 105 Å². The van der Waals surface area contributed by atoms with Crippen molar-refractivity contribution in [2.75, 3.05) is 26.2 Å². The number of rotatable bonds is 9. The first-order chi connectivity index (χ1) is 12.6. The number of hydrogen-bond donors (Lipinski definition) is 3. The molecule has 7 nitrogen and oxygen atoms in total. The molecular weight excluding hydrogens is 332 g/mol. The third-order valence-corrected chi connectivity index (χ3v) is 4.37. The Balaban J connectivity index is 1.74. The predicted molar refractivity (Wildman–Crippen MR) is 99.3 cm³/mol. The maximum atomic E-state index is 12.4. The highest BCUT2D eigenvalue weighted by Crippen LogP contribution is 2.09. The van der Waals surface area contributed by atoms with Gasteiger partial charge in [0.25, 0.3) is 5.91 Å². The fourth-order valence-corrected chi connectivity index (χ4v) is 2.83. The Morgan fingerprint density at radius 3 is 2.54 bits per heavy atom. The summed E-state index contributed by atoms with van der Waals surface area (Å²) in [6.45, 7) is 2.26. The van der Waals surface area contributed by atoms with Crippen molar-refractivity contribution in [3.05, 3.63) is 35.4 Å². The lowest BCUT2D eigenvalue weighted by atomic mass is 10.1. The summed E-state index contributed by atoms with van der Waals surface area (Å²) in [5.41, 5.74) is 6.93. The third-order valence-electron chi connectivity index (χ3n) is 4.37. The van der Waals surface area contributed by atoms with Crippen molar-refractivity contribution in [2.24, 2.45) is 5.73 Å². The number of carbonyl (C=O) groups excluding carboxylic acids is 3. The average Bonchev–Trinajstić information content (AvgIpc) is 2.66. The van der Waals surface area contributed by atoms with Crippen LogP contribution in [0.2, 0.25) is 0 Å². The van der Waals surface area contributed by atoms with Gasteiger partial charge in [0.15, 0.2) is 0 Å². The Labute approximate surface area is 154 Å². The summed E-state index contributed by atoms with van der Waals surface area (Å²) in [6, 6.07) is 7.14. The van der Waals surface area contributed by atoms with E-state index in [1.165, 1.54) is 0 Å². The molecular formula is C19H28N4O3. The van der Waals surface area contributed by atoms with E-state index in [4.69, 9.17) is 5.73 Å². The van der Waals surface area contributed by atoms with Gasteiger partial charge in [-0.05, 0) is 37.1 Å². The number of nitrogens with one attached hydrogen (secondary N) is 2. The molecule has 1 aromatic carbocycles. The van der Waals surface area contributed by atoms with E-state index in [1.807, 2.05) is 12.1 Å².